The highest BCUT2D eigenvalue weighted by Gasteiger charge is 2.22. The van der Waals surface area contributed by atoms with Gasteiger partial charge in [-0.05, 0) is 60.3 Å². The molecule has 1 aromatic heterocycles. The van der Waals surface area contributed by atoms with Crippen LogP contribution in [0.3, 0.4) is 0 Å². The number of nitrogens with zero attached hydrogens (tertiary/aromatic N) is 1. The predicted octanol–water partition coefficient (Wildman–Crippen LogP) is 3.91. The van der Waals surface area contributed by atoms with Crippen LogP contribution in [-0.4, -0.2) is 35.1 Å². The number of hydrogen-bond acceptors (Lipinski definition) is 6. The second-order valence-electron chi connectivity index (χ2n) is 6.44. The summed E-state index contributed by atoms with van der Waals surface area (Å²) in [6, 6.07) is 15.2. The molecule has 7 nitrogen and oxygen atoms in total. The lowest BCUT2D eigenvalue weighted by atomic mass is 10.2. The second-order valence-corrected chi connectivity index (χ2v) is 9.58. The number of rotatable bonds is 8. The topological polar surface area (TPSA) is 84.9 Å². The van der Waals surface area contributed by atoms with Gasteiger partial charge in [-0.15, -0.1) is 11.3 Å². The Morgan fingerprint density at radius 1 is 1.13 bits per heavy atom. The van der Waals surface area contributed by atoms with Gasteiger partial charge in [-0.2, -0.15) is 0 Å². The van der Waals surface area contributed by atoms with Crippen molar-refractivity contribution in [1.82, 2.24) is 0 Å². The number of thiophene rings is 1. The van der Waals surface area contributed by atoms with Gasteiger partial charge in [0.15, 0.2) is 6.61 Å². The van der Waals surface area contributed by atoms with Gasteiger partial charge in [0.25, 0.3) is 15.9 Å². The molecule has 158 valence electrons. The van der Waals surface area contributed by atoms with Crippen LogP contribution in [0, 0.1) is 6.92 Å². The Kier molecular flexibility index (Phi) is 6.63. The normalized spacial score (nSPS) is 11.0. The largest absolute Gasteiger partial charge is 0.495 e. The van der Waals surface area contributed by atoms with Gasteiger partial charge in [0.1, 0.15) is 15.7 Å². The summed E-state index contributed by atoms with van der Waals surface area (Å²) in [5, 5.41) is 4.48. The maximum Gasteiger partial charge on any atom is 0.273 e. The molecule has 0 fully saturated rings. The molecule has 0 aliphatic carbocycles. The van der Waals surface area contributed by atoms with Crippen LogP contribution in [0.2, 0.25) is 0 Å². The number of methoxy groups -OCH3 is 1. The highest BCUT2D eigenvalue weighted by atomic mass is 32.2. The highest BCUT2D eigenvalue weighted by molar-refractivity contribution is 7.94. The average Bonchev–Trinajstić information content (AvgIpc) is 3.28. The molecule has 0 radical (unpaired) electrons. The van der Waals surface area contributed by atoms with E-state index in [9.17, 15) is 13.2 Å². The van der Waals surface area contributed by atoms with Crippen molar-refractivity contribution in [3.05, 3.63) is 65.5 Å². The molecule has 9 heteroatoms. The lowest BCUT2D eigenvalue weighted by molar-refractivity contribution is -0.118. The number of carbonyl (C=O) groups is 1. The Balaban J connectivity index is 1.61. The second kappa shape index (κ2) is 9.19. The molecule has 0 unspecified atom stereocenters. The fourth-order valence-corrected chi connectivity index (χ4v) is 5.05. The molecule has 30 heavy (non-hydrogen) atoms. The molecule has 1 N–H and O–H groups in total. The van der Waals surface area contributed by atoms with Crippen LogP contribution < -0.4 is 19.1 Å². The first kappa shape index (κ1) is 21.7. The first-order valence-corrected chi connectivity index (χ1v) is 11.3. The molecule has 1 amide bonds. The molecular weight excluding hydrogens is 424 g/mol. The lowest BCUT2D eigenvalue weighted by Gasteiger charge is -2.18. The van der Waals surface area contributed by atoms with E-state index < -0.39 is 10.0 Å². The quantitative estimate of drug-likeness (QED) is 0.567. The van der Waals surface area contributed by atoms with E-state index in [0.29, 0.717) is 22.9 Å². The average molecular weight is 447 g/mol. The van der Waals surface area contributed by atoms with Crippen LogP contribution in [0.1, 0.15) is 5.56 Å². The molecule has 0 saturated carbocycles. The minimum absolute atomic E-state index is 0.195. The van der Waals surface area contributed by atoms with Crippen molar-refractivity contribution in [3.8, 4) is 11.5 Å². The van der Waals surface area contributed by atoms with E-state index in [2.05, 4.69) is 5.32 Å². The summed E-state index contributed by atoms with van der Waals surface area (Å²) in [6.07, 6.45) is 0. The van der Waals surface area contributed by atoms with Crippen LogP contribution in [0.15, 0.2) is 64.2 Å². The molecule has 0 spiro atoms. The van der Waals surface area contributed by atoms with Crippen LogP contribution in [-0.2, 0) is 14.8 Å². The fourth-order valence-electron chi connectivity index (χ4n) is 2.69. The third-order valence-corrected chi connectivity index (χ3v) is 7.47. The number of aryl methyl sites for hydroxylation is 1. The van der Waals surface area contributed by atoms with Crippen LogP contribution in [0.5, 0.6) is 11.5 Å². The molecule has 0 aliphatic rings. The predicted molar refractivity (Wildman–Crippen MR) is 118 cm³/mol. The molecule has 1 heterocycles. The zero-order valence-electron chi connectivity index (χ0n) is 16.8. The van der Waals surface area contributed by atoms with E-state index in [0.717, 1.165) is 16.9 Å². The number of carbonyl (C=O) groups excluding carboxylic acids is 1. The SMILES string of the molecule is COc1ccc(C)cc1NC(=O)COc1ccc(N(C)S(=O)(=O)c2cccs2)cc1. The Hall–Kier alpha value is -3.04. The number of benzene rings is 2. The third-order valence-electron chi connectivity index (χ3n) is 4.31. The Morgan fingerprint density at radius 2 is 1.87 bits per heavy atom. The third kappa shape index (κ3) is 4.92. The van der Waals surface area contributed by atoms with E-state index >= 15 is 0 Å². The van der Waals surface area contributed by atoms with Gasteiger partial charge in [-0.1, -0.05) is 12.1 Å². The van der Waals surface area contributed by atoms with Gasteiger partial charge in [0.05, 0.1) is 18.5 Å². The molecular formula is C21H22N2O5S2. The van der Waals surface area contributed by atoms with Crippen LogP contribution in [0.4, 0.5) is 11.4 Å². The Labute approximate surface area is 179 Å². The summed E-state index contributed by atoms with van der Waals surface area (Å²) >= 11 is 1.16. The van der Waals surface area contributed by atoms with Gasteiger partial charge in [-0.25, -0.2) is 8.42 Å². The van der Waals surface area contributed by atoms with Gasteiger partial charge in [0, 0.05) is 7.05 Å². The maximum atomic E-state index is 12.6. The molecule has 0 saturated heterocycles. The number of amides is 1. The number of nitrogens with one attached hydrogen (secondary N) is 1. The van der Waals surface area contributed by atoms with Crippen molar-refractivity contribution in [3.63, 3.8) is 0 Å². The summed E-state index contributed by atoms with van der Waals surface area (Å²) in [7, 11) is -0.568. The summed E-state index contributed by atoms with van der Waals surface area (Å²) in [4.78, 5) is 12.2. The van der Waals surface area contributed by atoms with E-state index in [-0.39, 0.29) is 16.7 Å². The molecule has 0 atom stereocenters. The van der Waals surface area contributed by atoms with E-state index in [1.807, 2.05) is 19.1 Å². The van der Waals surface area contributed by atoms with E-state index in [4.69, 9.17) is 9.47 Å². The van der Waals surface area contributed by atoms with Crippen molar-refractivity contribution in [2.75, 3.05) is 30.4 Å². The lowest BCUT2D eigenvalue weighted by Crippen LogP contribution is -2.25. The van der Waals surface area contributed by atoms with Gasteiger partial charge >= 0.3 is 0 Å². The molecule has 3 aromatic rings. The van der Waals surface area contributed by atoms with Crippen molar-refractivity contribution in [1.29, 1.82) is 0 Å². The summed E-state index contributed by atoms with van der Waals surface area (Å²) in [5.74, 6) is 0.681. The Bertz CT molecular complexity index is 1110. The molecule has 3 rings (SSSR count). The van der Waals surface area contributed by atoms with Crippen molar-refractivity contribution < 1.29 is 22.7 Å². The molecule has 2 aromatic carbocycles. The minimum Gasteiger partial charge on any atom is -0.495 e. The minimum atomic E-state index is -3.60. The Morgan fingerprint density at radius 3 is 2.50 bits per heavy atom. The van der Waals surface area contributed by atoms with Gasteiger partial charge in [-0.3, -0.25) is 9.10 Å². The first-order chi connectivity index (χ1) is 14.3. The number of sulfonamides is 1. The monoisotopic (exact) mass is 446 g/mol. The van der Waals surface area contributed by atoms with Gasteiger partial charge in [0.2, 0.25) is 0 Å². The number of anilines is 2. The van der Waals surface area contributed by atoms with Crippen LogP contribution >= 0.6 is 11.3 Å². The van der Waals surface area contributed by atoms with Crippen molar-refractivity contribution in [2.24, 2.45) is 0 Å². The summed E-state index contributed by atoms with van der Waals surface area (Å²) in [6.45, 7) is 1.72. The van der Waals surface area contributed by atoms with E-state index in [1.54, 1.807) is 47.8 Å². The maximum absolute atomic E-state index is 12.6. The summed E-state index contributed by atoms with van der Waals surface area (Å²) < 4.78 is 37.4. The summed E-state index contributed by atoms with van der Waals surface area (Å²) in [5.41, 5.74) is 2.05. The smallest absolute Gasteiger partial charge is 0.273 e. The van der Waals surface area contributed by atoms with Gasteiger partial charge < -0.3 is 14.8 Å². The van der Waals surface area contributed by atoms with Crippen LogP contribution in [0.25, 0.3) is 0 Å². The first-order valence-electron chi connectivity index (χ1n) is 9.01. The number of hydrogen-bond donors (Lipinski definition) is 1. The van der Waals surface area contributed by atoms with E-state index in [1.165, 1.54) is 18.5 Å². The molecule has 0 bridgehead atoms. The zero-order valence-corrected chi connectivity index (χ0v) is 18.4. The standard InChI is InChI=1S/C21H22N2O5S2/c1-15-6-11-19(27-3)18(13-15)22-20(24)14-28-17-9-7-16(8-10-17)23(2)30(25,26)21-5-4-12-29-21/h4-13H,14H2,1-3H3,(H,22,24). The number of ether oxygens (including phenoxy) is 2. The fraction of sp³-hybridized carbons (Fsp3) is 0.190. The van der Waals surface area contributed by atoms with Crippen molar-refractivity contribution >= 4 is 38.6 Å². The zero-order chi connectivity index (χ0) is 21.7. The highest BCUT2D eigenvalue weighted by Crippen LogP contribution is 2.27. The van der Waals surface area contributed by atoms with Crippen molar-refractivity contribution in [2.45, 2.75) is 11.1 Å². The molecule has 0 aliphatic heterocycles.